The van der Waals surface area contributed by atoms with Crippen molar-refractivity contribution in [2.45, 2.75) is 33.7 Å². The minimum Gasteiger partial charge on any atom is -0.311 e. The number of rotatable bonds is 2. The van der Waals surface area contributed by atoms with Crippen molar-refractivity contribution in [2.75, 3.05) is 18.0 Å². The average Bonchev–Trinajstić information content (AvgIpc) is 2.44. The van der Waals surface area contributed by atoms with Gasteiger partial charge in [0, 0.05) is 18.8 Å². The van der Waals surface area contributed by atoms with Crippen LogP contribution in [0.1, 0.15) is 32.8 Å². The van der Waals surface area contributed by atoms with Gasteiger partial charge in [0.25, 0.3) is 0 Å². The Bertz CT molecular complexity index is 434. The number of carbonyl (C=O) groups is 1. The third-order valence-electron chi connectivity index (χ3n) is 3.26. The SMILES string of the molecule is CC(C)(C)CCN1C(=O)CNCc2ccccc21. The maximum atomic E-state index is 12.2. The number of fused-ring (bicyclic) bond motifs is 1. The van der Waals surface area contributed by atoms with E-state index < -0.39 is 0 Å². The number of nitrogens with one attached hydrogen (secondary N) is 1. The average molecular weight is 246 g/mol. The van der Waals surface area contributed by atoms with E-state index >= 15 is 0 Å². The normalized spacial score (nSPS) is 16.4. The fraction of sp³-hybridized carbons (Fsp3) is 0.533. The molecule has 0 spiro atoms. The molecule has 1 aliphatic heterocycles. The number of carbonyl (C=O) groups excluding carboxylic acids is 1. The summed E-state index contributed by atoms with van der Waals surface area (Å²) in [6, 6.07) is 8.16. The van der Waals surface area contributed by atoms with Crippen molar-refractivity contribution in [1.29, 1.82) is 0 Å². The zero-order chi connectivity index (χ0) is 13.2. The molecule has 1 aliphatic rings. The van der Waals surface area contributed by atoms with Gasteiger partial charge in [0.15, 0.2) is 0 Å². The molecule has 0 unspecified atom stereocenters. The summed E-state index contributed by atoms with van der Waals surface area (Å²) in [6.45, 7) is 8.62. The van der Waals surface area contributed by atoms with Crippen LogP contribution in [0.25, 0.3) is 0 Å². The Kier molecular flexibility index (Phi) is 3.71. The molecule has 0 aromatic heterocycles. The second-order valence-corrected chi connectivity index (χ2v) is 6.09. The number of para-hydroxylation sites is 1. The molecule has 0 bridgehead atoms. The van der Waals surface area contributed by atoms with Crippen LogP contribution in [0.2, 0.25) is 0 Å². The van der Waals surface area contributed by atoms with Gasteiger partial charge in [0.1, 0.15) is 0 Å². The molecule has 18 heavy (non-hydrogen) atoms. The van der Waals surface area contributed by atoms with Gasteiger partial charge in [-0.1, -0.05) is 39.0 Å². The summed E-state index contributed by atoms with van der Waals surface area (Å²) in [5.74, 6) is 0.171. The molecule has 1 amide bonds. The first-order valence-corrected chi connectivity index (χ1v) is 6.56. The van der Waals surface area contributed by atoms with Gasteiger partial charge < -0.3 is 10.2 Å². The lowest BCUT2D eigenvalue weighted by Gasteiger charge is -2.27. The number of hydrogen-bond acceptors (Lipinski definition) is 2. The van der Waals surface area contributed by atoms with Crippen LogP contribution in [0.3, 0.4) is 0 Å². The predicted molar refractivity (Wildman–Crippen MR) is 74.6 cm³/mol. The molecule has 0 saturated carbocycles. The van der Waals surface area contributed by atoms with Gasteiger partial charge in [0.2, 0.25) is 5.91 Å². The summed E-state index contributed by atoms with van der Waals surface area (Å²) in [6.07, 6.45) is 1.01. The molecule has 3 heteroatoms. The Morgan fingerprint density at radius 2 is 1.94 bits per heavy atom. The number of benzene rings is 1. The van der Waals surface area contributed by atoms with Gasteiger partial charge in [-0.05, 0) is 23.5 Å². The molecule has 0 atom stereocenters. The Hall–Kier alpha value is -1.35. The van der Waals surface area contributed by atoms with Crippen LogP contribution >= 0.6 is 0 Å². The first-order valence-electron chi connectivity index (χ1n) is 6.56. The number of nitrogens with zero attached hydrogens (tertiary/aromatic N) is 1. The number of hydrogen-bond donors (Lipinski definition) is 1. The Balaban J connectivity index is 2.23. The second-order valence-electron chi connectivity index (χ2n) is 6.09. The predicted octanol–water partition coefficient (Wildman–Crippen LogP) is 2.56. The molecule has 1 N–H and O–H groups in total. The minimum absolute atomic E-state index is 0.171. The Morgan fingerprint density at radius 1 is 1.22 bits per heavy atom. The zero-order valence-electron chi connectivity index (χ0n) is 11.5. The van der Waals surface area contributed by atoms with Crippen LogP contribution in [0.5, 0.6) is 0 Å². The Labute approximate surface area is 109 Å². The van der Waals surface area contributed by atoms with E-state index in [0.717, 1.165) is 25.2 Å². The topological polar surface area (TPSA) is 32.3 Å². The maximum absolute atomic E-state index is 12.2. The van der Waals surface area contributed by atoms with Gasteiger partial charge >= 0.3 is 0 Å². The Morgan fingerprint density at radius 3 is 2.67 bits per heavy atom. The molecule has 0 saturated heterocycles. The third-order valence-corrected chi connectivity index (χ3v) is 3.26. The summed E-state index contributed by atoms with van der Waals surface area (Å²) in [5.41, 5.74) is 2.52. The van der Waals surface area contributed by atoms with Crippen LogP contribution in [0.15, 0.2) is 24.3 Å². The van der Waals surface area contributed by atoms with Gasteiger partial charge in [0.05, 0.1) is 6.54 Å². The van der Waals surface area contributed by atoms with Crippen molar-refractivity contribution in [1.82, 2.24) is 5.32 Å². The molecular formula is C15H22N2O. The van der Waals surface area contributed by atoms with Crippen LogP contribution in [-0.4, -0.2) is 19.0 Å². The van der Waals surface area contributed by atoms with E-state index in [2.05, 4.69) is 32.2 Å². The molecule has 0 aliphatic carbocycles. The van der Waals surface area contributed by atoms with Gasteiger partial charge in [-0.25, -0.2) is 0 Å². The first kappa shape index (κ1) is 13.1. The van der Waals surface area contributed by atoms with Crippen molar-refractivity contribution in [3.63, 3.8) is 0 Å². The second kappa shape index (κ2) is 5.11. The van der Waals surface area contributed by atoms with Crippen molar-refractivity contribution >= 4 is 11.6 Å². The zero-order valence-corrected chi connectivity index (χ0v) is 11.5. The van der Waals surface area contributed by atoms with Crippen LogP contribution in [-0.2, 0) is 11.3 Å². The van der Waals surface area contributed by atoms with E-state index in [-0.39, 0.29) is 11.3 Å². The summed E-state index contributed by atoms with van der Waals surface area (Å²) >= 11 is 0. The summed E-state index contributed by atoms with van der Waals surface area (Å²) in [7, 11) is 0. The highest BCUT2D eigenvalue weighted by Crippen LogP contribution is 2.26. The highest BCUT2D eigenvalue weighted by Gasteiger charge is 2.23. The fourth-order valence-corrected chi connectivity index (χ4v) is 2.15. The van der Waals surface area contributed by atoms with Crippen molar-refractivity contribution < 1.29 is 4.79 Å². The lowest BCUT2D eigenvalue weighted by molar-refractivity contribution is -0.117. The molecule has 2 rings (SSSR count). The van der Waals surface area contributed by atoms with Gasteiger partial charge in [-0.15, -0.1) is 0 Å². The summed E-state index contributed by atoms with van der Waals surface area (Å²) < 4.78 is 0. The highest BCUT2D eigenvalue weighted by atomic mass is 16.2. The van der Waals surface area contributed by atoms with Crippen molar-refractivity contribution in [2.24, 2.45) is 5.41 Å². The highest BCUT2D eigenvalue weighted by molar-refractivity contribution is 5.96. The number of amides is 1. The summed E-state index contributed by atoms with van der Waals surface area (Å²) in [4.78, 5) is 14.1. The minimum atomic E-state index is 0.171. The van der Waals surface area contributed by atoms with Gasteiger partial charge in [-0.2, -0.15) is 0 Å². The fourth-order valence-electron chi connectivity index (χ4n) is 2.15. The van der Waals surface area contributed by atoms with Crippen molar-refractivity contribution in [3.05, 3.63) is 29.8 Å². The van der Waals surface area contributed by atoms with Crippen LogP contribution in [0.4, 0.5) is 5.69 Å². The quantitative estimate of drug-likeness (QED) is 0.870. The largest absolute Gasteiger partial charge is 0.311 e. The van der Waals surface area contributed by atoms with E-state index in [1.807, 2.05) is 23.1 Å². The molecule has 1 aromatic carbocycles. The summed E-state index contributed by atoms with van der Waals surface area (Å²) in [5, 5.41) is 3.19. The monoisotopic (exact) mass is 246 g/mol. The molecule has 0 fully saturated rings. The smallest absolute Gasteiger partial charge is 0.240 e. The molecule has 98 valence electrons. The van der Waals surface area contributed by atoms with Crippen LogP contribution in [0, 0.1) is 5.41 Å². The van der Waals surface area contributed by atoms with Crippen LogP contribution < -0.4 is 10.2 Å². The molecule has 1 heterocycles. The van der Waals surface area contributed by atoms with Crippen molar-refractivity contribution in [3.8, 4) is 0 Å². The standard InChI is InChI=1S/C15H22N2O/c1-15(2,3)8-9-17-13-7-5-4-6-12(13)10-16-11-14(17)18/h4-7,16H,8-11H2,1-3H3. The lowest BCUT2D eigenvalue weighted by atomic mass is 9.92. The maximum Gasteiger partial charge on any atom is 0.240 e. The van der Waals surface area contributed by atoms with E-state index in [0.29, 0.717) is 6.54 Å². The third kappa shape index (κ3) is 3.10. The number of anilines is 1. The van der Waals surface area contributed by atoms with E-state index in [4.69, 9.17) is 0 Å². The molecule has 1 aromatic rings. The first-order chi connectivity index (χ1) is 8.47. The molecular weight excluding hydrogens is 224 g/mol. The van der Waals surface area contributed by atoms with E-state index in [9.17, 15) is 4.79 Å². The molecule has 3 nitrogen and oxygen atoms in total. The lowest BCUT2D eigenvalue weighted by Crippen LogP contribution is -2.37. The molecule has 0 radical (unpaired) electrons. The van der Waals surface area contributed by atoms with Gasteiger partial charge in [-0.3, -0.25) is 4.79 Å². The van der Waals surface area contributed by atoms with E-state index in [1.54, 1.807) is 0 Å². The van der Waals surface area contributed by atoms with E-state index in [1.165, 1.54) is 5.56 Å².